The summed E-state index contributed by atoms with van der Waals surface area (Å²) in [5.41, 5.74) is -0.392. The largest absolute Gasteiger partial charge is 0.373 e. The lowest BCUT2D eigenvalue weighted by Crippen LogP contribution is -2.50. The molecule has 2 atom stereocenters. The summed E-state index contributed by atoms with van der Waals surface area (Å²) in [5, 5.41) is 0. The second-order valence-corrected chi connectivity index (χ2v) is 8.16. The lowest BCUT2D eigenvalue weighted by molar-refractivity contribution is -0.0706. The molecule has 0 saturated carbocycles. The van der Waals surface area contributed by atoms with Crippen LogP contribution in [0.3, 0.4) is 0 Å². The van der Waals surface area contributed by atoms with Crippen LogP contribution in [-0.2, 0) is 14.8 Å². The van der Waals surface area contributed by atoms with Gasteiger partial charge in [0.05, 0.1) is 23.7 Å². The summed E-state index contributed by atoms with van der Waals surface area (Å²) in [6.45, 7) is 3.44. The van der Waals surface area contributed by atoms with Gasteiger partial charge in [-0.15, -0.1) is 0 Å². The summed E-state index contributed by atoms with van der Waals surface area (Å²) in [7, 11) is -3.22. The first-order valence-corrected chi connectivity index (χ1v) is 9.43. The molecular formula is C14H21FN4O3S. The van der Waals surface area contributed by atoms with Crippen LogP contribution in [-0.4, -0.2) is 55.5 Å². The van der Waals surface area contributed by atoms with E-state index in [4.69, 9.17) is 4.74 Å². The highest BCUT2D eigenvalue weighted by molar-refractivity contribution is 7.89. The molecular weight excluding hydrogens is 323 g/mol. The van der Waals surface area contributed by atoms with Crippen LogP contribution in [0, 0.1) is 5.82 Å². The molecule has 1 aromatic rings. The molecule has 0 radical (unpaired) electrons. The van der Waals surface area contributed by atoms with Gasteiger partial charge >= 0.3 is 0 Å². The van der Waals surface area contributed by atoms with Crippen LogP contribution in [0.5, 0.6) is 0 Å². The van der Waals surface area contributed by atoms with Gasteiger partial charge in [0.25, 0.3) is 0 Å². The monoisotopic (exact) mass is 344 g/mol. The second-order valence-electron chi connectivity index (χ2n) is 6.12. The Bertz CT molecular complexity index is 654. The van der Waals surface area contributed by atoms with E-state index in [1.807, 2.05) is 4.90 Å². The summed E-state index contributed by atoms with van der Waals surface area (Å²) in [5.74, 6) is 0.0844. The highest BCUT2D eigenvalue weighted by atomic mass is 32.2. The molecule has 3 rings (SSSR count). The average molecular weight is 344 g/mol. The van der Waals surface area contributed by atoms with E-state index < -0.39 is 21.4 Å². The fourth-order valence-electron chi connectivity index (χ4n) is 3.23. The maximum atomic E-state index is 12.9. The molecule has 128 valence electrons. The maximum Gasteiger partial charge on any atom is 0.225 e. The van der Waals surface area contributed by atoms with Crippen molar-refractivity contribution < 1.29 is 17.5 Å². The van der Waals surface area contributed by atoms with Crippen molar-refractivity contribution in [3.8, 4) is 0 Å². The molecule has 23 heavy (non-hydrogen) atoms. The molecule has 2 aliphatic rings. The SMILES string of the molecule is CCS(=O)(=O)N[C@H]1CCO[C@@]2(CCN(c3ncc(F)cn3)C2)C1. The lowest BCUT2D eigenvalue weighted by Gasteiger charge is -2.38. The summed E-state index contributed by atoms with van der Waals surface area (Å²) >= 11 is 0. The van der Waals surface area contributed by atoms with Crippen molar-refractivity contribution in [3.63, 3.8) is 0 Å². The predicted octanol–water partition coefficient (Wildman–Crippen LogP) is 0.683. The van der Waals surface area contributed by atoms with E-state index in [9.17, 15) is 12.8 Å². The first-order valence-electron chi connectivity index (χ1n) is 7.78. The number of aromatic nitrogens is 2. The number of nitrogens with zero attached hydrogens (tertiary/aromatic N) is 3. The number of anilines is 1. The third-order valence-electron chi connectivity index (χ3n) is 4.43. The molecule has 1 N–H and O–H groups in total. The zero-order chi connectivity index (χ0) is 16.5. The Morgan fingerprint density at radius 2 is 2.22 bits per heavy atom. The summed E-state index contributed by atoms with van der Waals surface area (Å²) in [6.07, 6.45) is 4.37. The lowest BCUT2D eigenvalue weighted by atomic mass is 9.90. The molecule has 9 heteroatoms. The van der Waals surface area contributed by atoms with Crippen molar-refractivity contribution in [1.82, 2.24) is 14.7 Å². The zero-order valence-electron chi connectivity index (χ0n) is 13.0. The van der Waals surface area contributed by atoms with Gasteiger partial charge in [0.2, 0.25) is 16.0 Å². The van der Waals surface area contributed by atoms with Crippen molar-refractivity contribution in [2.75, 3.05) is 30.3 Å². The van der Waals surface area contributed by atoms with Crippen LogP contribution in [0.25, 0.3) is 0 Å². The van der Waals surface area contributed by atoms with Crippen molar-refractivity contribution in [2.24, 2.45) is 0 Å². The van der Waals surface area contributed by atoms with E-state index in [1.54, 1.807) is 6.92 Å². The Morgan fingerprint density at radius 3 is 2.91 bits per heavy atom. The van der Waals surface area contributed by atoms with Gasteiger partial charge < -0.3 is 9.64 Å². The minimum absolute atomic E-state index is 0.0763. The highest BCUT2D eigenvalue weighted by Gasteiger charge is 2.44. The number of nitrogens with one attached hydrogen (secondary N) is 1. The first-order chi connectivity index (χ1) is 10.9. The molecule has 0 aliphatic carbocycles. The number of hydrogen-bond acceptors (Lipinski definition) is 6. The van der Waals surface area contributed by atoms with Crippen LogP contribution < -0.4 is 9.62 Å². The van der Waals surface area contributed by atoms with E-state index in [0.717, 1.165) is 18.8 Å². The number of rotatable bonds is 4. The Kier molecular flexibility index (Phi) is 4.52. The van der Waals surface area contributed by atoms with Crippen molar-refractivity contribution >= 4 is 16.0 Å². The Labute approximate surface area is 135 Å². The number of ether oxygens (including phenoxy) is 1. The van der Waals surface area contributed by atoms with Gasteiger partial charge in [-0.2, -0.15) is 0 Å². The zero-order valence-corrected chi connectivity index (χ0v) is 13.9. The molecule has 2 saturated heterocycles. The van der Waals surface area contributed by atoms with Gasteiger partial charge in [-0.1, -0.05) is 0 Å². The van der Waals surface area contributed by atoms with E-state index in [1.165, 1.54) is 0 Å². The summed E-state index contributed by atoms with van der Waals surface area (Å²) in [6, 6.07) is -0.109. The van der Waals surface area contributed by atoms with Crippen LogP contribution in [0.1, 0.15) is 26.2 Å². The minimum atomic E-state index is -3.22. The van der Waals surface area contributed by atoms with Gasteiger partial charge in [-0.3, -0.25) is 0 Å². The average Bonchev–Trinajstić information content (AvgIpc) is 2.91. The summed E-state index contributed by atoms with van der Waals surface area (Å²) < 4.78 is 45.2. The highest BCUT2D eigenvalue weighted by Crippen LogP contribution is 2.35. The van der Waals surface area contributed by atoms with Gasteiger partial charge in [0.1, 0.15) is 0 Å². The maximum absolute atomic E-state index is 12.9. The summed E-state index contributed by atoms with van der Waals surface area (Å²) in [4.78, 5) is 9.96. The third-order valence-corrected chi connectivity index (χ3v) is 5.88. The molecule has 2 aliphatic heterocycles. The number of hydrogen-bond donors (Lipinski definition) is 1. The molecule has 0 amide bonds. The second kappa shape index (κ2) is 6.29. The predicted molar refractivity (Wildman–Crippen MR) is 83.1 cm³/mol. The van der Waals surface area contributed by atoms with Crippen LogP contribution in [0.4, 0.5) is 10.3 Å². The number of sulfonamides is 1. The topological polar surface area (TPSA) is 84.4 Å². The van der Waals surface area contributed by atoms with Crippen LogP contribution in [0.15, 0.2) is 12.4 Å². The third kappa shape index (κ3) is 3.78. The van der Waals surface area contributed by atoms with Crippen LogP contribution in [0.2, 0.25) is 0 Å². The van der Waals surface area contributed by atoms with E-state index in [2.05, 4.69) is 14.7 Å². The van der Waals surface area contributed by atoms with Gasteiger partial charge in [-0.05, 0) is 26.2 Å². The molecule has 3 heterocycles. The smallest absolute Gasteiger partial charge is 0.225 e. The fraction of sp³-hybridized carbons (Fsp3) is 0.714. The molecule has 2 fully saturated rings. The number of halogens is 1. The normalized spacial score (nSPS) is 28.4. The molecule has 1 spiro atoms. The van der Waals surface area contributed by atoms with Crippen LogP contribution >= 0.6 is 0 Å². The fourth-order valence-corrected chi connectivity index (χ4v) is 4.11. The van der Waals surface area contributed by atoms with E-state index in [0.29, 0.717) is 38.5 Å². The molecule has 0 bridgehead atoms. The van der Waals surface area contributed by atoms with Crippen molar-refractivity contribution in [1.29, 1.82) is 0 Å². The van der Waals surface area contributed by atoms with E-state index >= 15 is 0 Å². The standard InChI is InChI=1S/C14H21FN4O3S/c1-2-23(20,21)18-12-3-6-22-14(7-12)4-5-19(10-14)13-16-8-11(15)9-17-13/h8-9,12,18H,2-7,10H2,1H3/t12-,14-/m0/s1. The first kappa shape index (κ1) is 16.5. The van der Waals surface area contributed by atoms with Gasteiger partial charge in [-0.25, -0.2) is 27.5 Å². The van der Waals surface area contributed by atoms with Crippen molar-refractivity contribution in [2.45, 2.75) is 37.8 Å². The molecule has 0 unspecified atom stereocenters. The van der Waals surface area contributed by atoms with Gasteiger partial charge in [0.15, 0.2) is 5.82 Å². The molecule has 1 aromatic heterocycles. The van der Waals surface area contributed by atoms with Crippen molar-refractivity contribution in [3.05, 3.63) is 18.2 Å². The Hall–Kier alpha value is -1.32. The Balaban J connectivity index is 1.67. The minimum Gasteiger partial charge on any atom is -0.373 e. The molecule has 7 nitrogen and oxygen atoms in total. The Morgan fingerprint density at radius 1 is 1.48 bits per heavy atom. The molecule has 0 aromatic carbocycles. The van der Waals surface area contributed by atoms with E-state index in [-0.39, 0.29) is 11.8 Å². The quantitative estimate of drug-likeness (QED) is 0.865. The van der Waals surface area contributed by atoms with Gasteiger partial charge in [0, 0.05) is 25.7 Å².